The summed E-state index contributed by atoms with van der Waals surface area (Å²) in [6.07, 6.45) is 3.23. The minimum Gasteiger partial charge on any atom is -0.444 e. The summed E-state index contributed by atoms with van der Waals surface area (Å²) >= 11 is 0. The molecule has 0 bridgehead atoms. The van der Waals surface area contributed by atoms with Crippen LogP contribution in [-0.4, -0.2) is 39.8 Å². The Morgan fingerprint density at radius 2 is 1.89 bits per heavy atom. The summed E-state index contributed by atoms with van der Waals surface area (Å²) in [7, 11) is 0. The van der Waals surface area contributed by atoms with Gasteiger partial charge in [-0.1, -0.05) is 35.5 Å². The molecule has 6 nitrogen and oxygen atoms in total. The van der Waals surface area contributed by atoms with Crippen LogP contribution < -0.4 is 0 Å². The first-order valence-corrected chi connectivity index (χ1v) is 9.60. The number of hydrogen-bond acceptors (Lipinski definition) is 5. The van der Waals surface area contributed by atoms with Crippen LogP contribution in [0.25, 0.3) is 0 Å². The van der Waals surface area contributed by atoms with Gasteiger partial charge in [0.05, 0.1) is 0 Å². The maximum Gasteiger partial charge on any atom is 0.410 e. The number of ether oxygens (including phenoxy) is 1. The van der Waals surface area contributed by atoms with Gasteiger partial charge in [0.1, 0.15) is 5.60 Å². The summed E-state index contributed by atoms with van der Waals surface area (Å²) < 4.78 is 10.8. The summed E-state index contributed by atoms with van der Waals surface area (Å²) in [6.45, 7) is 8.76. The fraction of sp³-hybridized carbons (Fsp3) is 0.571. The van der Waals surface area contributed by atoms with Gasteiger partial charge in [-0.05, 0) is 52.0 Å². The van der Waals surface area contributed by atoms with E-state index >= 15 is 0 Å². The molecule has 3 rings (SSSR count). The second-order valence-electron chi connectivity index (χ2n) is 8.37. The Kier molecular flexibility index (Phi) is 5.53. The van der Waals surface area contributed by atoms with E-state index in [1.165, 1.54) is 5.56 Å². The van der Waals surface area contributed by atoms with Crippen LogP contribution in [0.1, 0.15) is 57.3 Å². The molecule has 1 fully saturated rings. The molecule has 0 saturated carbocycles. The highest BCUT2D eigenvalue weighted by atomic mass is 16.6. The lowest BCUT2D eigenvalue weighted by Crippen LogP contribution is -2.47. The Morgan fingerprint density at radius 1 is 1.22 bits per heavy atom. The molecule has 2 aromatic rings. The summed E-state index contributed by atoms with van der Waals surface area (Å²) in [5.41, 5.74) is 0.641. The predicted octanol–water partition coefficient (Wildman–Crippen LogP) is 4.28. The lowest BCUT2D eigenvalue weighted by molar-refractivity contribution is 0.0153. The first kappa shape index (κ1) is 19.4. The zero-order valence-electron chi connectivity index (χ0n) is 16.7. The first-order chi connectivity index (χ1) is 12.8. The molecular weight excluding hydrogens is 342 g/mol. The van der Waals surface area contributed by atoms with Crippen molar-refractivity contribution in [3.05, 3.63) is 47.6 Å². The van der Waals surface area contributed by atoms with Crippen molar-refractivity contribution in [3.8, 4) is 0 Å². The molecule has 0 aliphatic carbocycles. The smallest absolute Gasteiger partial charge is 0.410 e. The minimum atomic E-state index is -0.482. The van der Waals surface area contributed by atoms with E-state index in [-0.39, 0.29) is 11.5 Å². The van der Waals surface area contributed by atoms with Gasteiger partial charge in [-0.2, -0.15) is 4.98 Å². The molecule has 0 unspecified atom stereocenters. The van der Waals surface area contributed by atoms with Crippen molar-refractivity contribution in [2.45, 2.75) is 64.4 Å². The number of amides is 1. The van der Waals surface area contributed by atoms with Crippen molar-refractivity contribution in [2.24, 2.45) is 0 Å². The van der Waals surface area contributed by atoms with Gasteiger partial charge in [-0.25, -0.2) is 4.79 Å². The van der Waals surface area contributed by atoms with Crippen LogP contribution >= 0.6 is 0 Å². The maximum atomic E-state index is 12.4. The number of piperidine rings is 1. The summed E-state index contributed by atoms with van der Waals surface area (Å²) in [5, 5.41) is 4.23. The standard InChI is InChI=1S/C21H29N3O3/c1-16-22-18(23-27-16)21(11-10-17-8-6-5-7-9-17)12-14-24(15-13-21)19(25)26-20(2,3)4/h5-9H,10-15H2,1-4H3. The number of likely N-dealkylation sites (tertiary alicyclic amines) is 1. The van der Waals surface area contributed by atoms with Gasteiger partial charge in [-0.3, -0.25) is 0 Å². The molecule has 6 heteroatoms. The second kappa shape index (κ2) is 7.71. The lowest BCUT2D eigenvalue weighted by atomic mass is 9.73. The first-order valence-electron chi connectivity index (χ1n) is 9.60. The molecule has 0 N–H and O–H groups in total. The van der Waals surface area contributed by atoms with Gasteiger partial charge in [0.2, 0.25) is 5.89 Å². The zero-order valence-corrected chi connectivity index (χ0v) is 16.7. The SMILES string of the molecule is Cc1nc(C2(CCc3ccccc3)CCN(C(=O)OC(C)(C)C)CC2)no1. The zero-order chi connectivity index (χ0) is 19.5. The van der Waals surface area contributed by atoms with Gasteiger partial charge in [0.25, 0.3) is 0 Å². The Hall–Kier alpha value is -2.37. The molecule has 0 spiro atoms. The Labute approximate surface area is 160 Å². The van der Waals surface area contributed by atoms with Crippen LogP contribution in [0.3, 0.4) is 0 Å². The summed E-state index contributed by atoms with van der Waals surface area (Å²) in [4.78, 5) is 18.7. The average molecular weight is 371 g/mol. The number of aryl methyl sites for hydroxylation is 2. The topological polar surface area (TPSA) is 68.5 Å². The van der Waals surface area contributed by atoms with Crippen molar-refractivity contribution in [1.82, 2.24) is 15.0 Å². The summed E-state index contributed by atoms with van der Waals surface area (Å²) in [5.74, 6) is 1.35. The van der Waals surface area contributed by atoms with Crippen LogP contribution in [0.4, 0.5) is 4.79 Å². The van der Waals surface area contributed by atoms with Gasteiger partial charge < -0.3 is 14.2 Å². The molecule has 1 saturated heterocycles. The van der Waals surface area contributed by atoms with Gasteiger partial charge in [-0.15, -0.1) is 0 Å². The fourth-order valence-corrected chi connectivity index (χ4v) is 3.57. The minimum absolute atomic E-state index is 0.174. The highest BCUT2D eigenvalue weighted by Gasteiger charge is 2.41. The predicted molar refractivity (Wildman–Crippen MR) is 103 cm³/mol. The van der Waals surface area contributed by atoms with E-state index in [2.05, 4.69) is 34.4 Å². The van der Waals surface area contributed by atoms with Crippen molar-refractivity contribution in [1.29, 1.82) is 0 Å². The van der Waals surface area contributed by atoms with E-state index in [1.54, 1.807) is 4.90 Å². The number of rotatable bonds is 4. The van der Waals surface area contributed by atoms with E-state index in [4.69, 9.17) is 9.26 Å². The Balaban J connectivity index is 1.72. The Morgan fingerprint density at radius 3 is 2.44 bits per heavy atom. The second-order valence-corrected chi connectivity index (χ2v) is 8.37. The quantitative estimate of drug-likeness (QED) is 0.802. The molecule has 1 aromatic heterocycles. The lowest BCUT2D eigenvalue weighted by Gasteiger charge is -2.40. The monoisotopic (exact) mass is 371 g/mol. The Bertz CT molecular complexity index is 756. The van der Waals surface area contributed by atoms with E-state index in [0.717, 1.165) is 31.5 Å². The largest absolute Gasteiger partial charge is 0.444 e. The van der Waals surface area contributed by atoms with Gasteiger partial charge >= 0.3 is 6.09 Å². The highest BCUT2D eigenvalue weighted by molar-refractivity contribution is 5.68. The third kappa shape index (κ3) is 4.87. The molecule has 0 atom stereocenters. The number of hydrogen-bond donors (Lipinski definition) is 0. The molecule has 1 aliphatic heterocycles. The molecular formula is C21H29N3O3. The van der Waals surface area contributed by atoms with E-state index in [0.29, 0.717) is 19.0 Å². The van der Waals surface area contributed by atoms with Crippen molar-refractivity contribution in [2.75, 3.05) is 13.1 Å². The van der Waals surface area contributed by atoms with Crippen LogP contribution in [0.15, 0.2) is 34.9 Å². The maximum absolute atomic E-state index is 12.4. The van der Waals surface area contributed by atoms with Crippen LogP contribution in [0.5, 0.6) is 0 Å². The number of benzene rings is 1. The van der Waals surface area contributed by atoms with Gasteiger partial charge in [0, 0.05) is 25.4 Å². The molecule has 1 aliphatic rings. The van der Waals surface area contributed by atoms with Crippen LogP contribution in [0, 0.1) is 6.92 Å². The van der Waals surface area contributed by atoms with Crippen molar-refractivity contribution in [3.63, 3.8) is 0 Å². The molecule has 146 valence electrons. The third-order valence-corrected chi connectivity index (χ3v) is 5.11. The van der Waals surface area contributed by atoms with E-state index in [9.17, 15) is 4.79 Å². The average Bonchev–Trinajstić information content (AvgIpc) is 3.07. The third-order valence-electron chi connectivity index (χ3n) is 5.11. The van der Waals surface area contributed by atoms with Gasteiger partial charge in [0.15, 0.2) is 5.82 Å². The van der Waals surface area contributed by atoms with E-state index in [1.807, 2.05) is 33.8 Å². The van der Waals surface area contributed by atoms with Crippen molar-refractivity contribution >= 4 is 6.09 Å². The molecule has 2 heterocycles. The van der Waals surface area contributed by atoms with Crippen LogP contribution in [0.2, 0.25) is 0 Å². The molecule has 1 aromatic carbocycles. The van der Waals surface area contributed by atoms with Crippen LogP contribution in [-0.2, 0) is 16.6 Å². The molecule has 27 heavy (non-hydrogen) atoms. The molecule has 0 radical (unpaired) electrons. The number of aromatic nitrogens is 2. The highest BCUT2D eigenvalue weighted by Crippen LogP contribution is 2.38. The number of carbonyl (C=O) groups is 1. The van der Waals surface area contributed by atoms with E-state index < -0.39 is 5.60 Å². The summed E-state index contributed by atoms with van der Waals surface area (Å²) in [6, 6.07) is 10.4. The normalized spacial score (nSPS) is 17.0. The van der Waals surface area contributed by atoms with Crippen molar-refractivity contribution < 1.29 is 14.1 Å². The fourth-order valence-electron chi connectivity index (χ4n) is 3.57. The molecule has 1 amide bonds. The number of carbonyl (C=O) groups excluding carboxylic acids is 1. The number of nitrogens with zero attached hydrogens (tertiary/aromatic N) is 3.